The van der Waals surface area contributed by atoms with E-state index in [2.05, 4.69) is 27.2 Å². The zero-order valence-electron chi connectivity index (χ0n) is 13.9. The zero-order valence-corrected chi connectivity index (χ0v) is 16.3. The molecule has 0 spiro atoms. The summed E-state index contributed by atoms with van der Waals surface area (Å²) in [5.74, 6) is -0.278. The van der Waals surface area contributed by atoms with Gasteiger partial charge in [-0.05, 0) is 37.6 Å². The van der Waals surface area contributed by atoms with Crippen LogP contribution in [0.4, 0.5) is 9.52 Å². The van der Waals surface area contributed by atoms with Crippen molar-refractivity contribution in [3.8, 4) is 0 Å². The van der Waals surface area contributed by atoms with Crippen LogP contribution >= 0.6 is 34.4 Å². The first kappa shape index (κ1) is 17.3. The second kappa shape index (κ2) is 6.90. The number of nitrogens with one attached hydrogen (secondary N) is 1. The van der Waals surface area contributed by atoms with Crippen molar-refractivity contribution in [3.63, 3.8) is 0 Å². The largest absolute Gasteiger partial charge is 0.301 e. The number of nitrogens with zero attached hydrogens (tertiary/aromatic N) is 3. The second-order valence-electron chi connectivity index (χ2n) is 5.61. The number of thioether (sulfide) groups is 1. The number of carbonyl (C=O) groups excluding carboxylic acids is 1. The van der Waals surface area contributed by atoms with Crippen LogP contribution in [0.25, 0.3) is 20.4 Å². The number of hydrogen-bond acceptors (Lipinski definition) is 7. The quantitative estimate of drug-likeness (QED) is 0.391. The Morgan fingerprint density at radius 1 is 1.27 bits per heavy atom. The molecule has 4 rings (SSSR count). The van der Waals surface area contributed by atoms with Crippen LogP contribution in [0.3, 0.4) is 0 Å². The Bertz CT molecular complexity index is 1140. The van der Waals surface area contributed by atoms with Gasteiger partial charge < -0.3 is 5.32 Å². The number of anilines is 1. The number of amides is 1. The fourth-order valence-corrected chi connectivity index (χ4v) is 5.32. The van der Waals surface area contributed by atoms with Crippen LogP contribution in [0.15, 0.2) is 29.6 Å². The van der Waals surface area contributed by atoms with E-state index in [4.69, 9.17) is 0 Å². The number of thiazole rings is 1. The monoisotopic (exact) mass is 404 g/mol. The number of aryl methyl sites for hydroxylation is 2. The average Bonchev–Trinajstić information content (AvgIpc) is 3.13. The van der Waals surface area contributed by atoms with Crippen molar-refractivity contribution in [2.24, 2.45) is 0 Å². The maximum atomic E-state index is 13.3. The summed E-state index contributed by atoms with van der Waals surface area (Å²) in [6, 6.07) is 4.37. The molecule has 0 atom stereocenters. The third-order valence-corrected chi connectivity index (χ3v) is 6.91. The molecule has 0 aliphatic rings. The number of aromatic nitrogens is 3. The van der Waals surface area contributed by atoms with E-state index in [0.29, 0.717) is 15.3 Å². The highest BCUT2D eigenvalue weighted by Gasteiger charge is 2.14. The molecule has 0 saturated heterocycles. The smallest absolute Gasteiger partial charge is 0.236 e. The molecule has 1 amide bonds. The van der Waals surface area contributed by atoms with Gasteiger partial charge in [0.25, 0.3) is 0 Å². The molecule has 1 aromatic carbocycles. The summed E-state index contributed by atoms with van der Waals surface area (Å²) in [5.41, 5.74) is 1.82. The second-order valence-corrected chi connectivity index (χ2v) is 8.81. The number of hydrogen-bond donors (Lipinski definition) is 1. The lowest BCUT2D eigenvalue weighted by molar-refractivity contribution is -0.113. The van der Waals surface area contributed by atoms with Gasteiger partial charge in [0, 0.05) is 10.3 Å². The van der Waals surface area contributed by atoms with Crippen molar-refractivity contribution >= 4 is 65.9 Å². The van der Waals surface area contributed by atoms with E-state index < -0.39 is 0 Å². The molecule has 4 aromatic rings. The number of benzene rings is 1. The first-order chi connectivity index (χ1) is 12.5. The molecule has 0 aliphatic heterocycles. The molecule has 132 valence electrons. The average molecular weight is 405 g/mol. The summed E-state index contributed by atoms with van der Waals surface area (Å²) >= 11 is 4.26. The van der Waals surface area contributed by atoms with Gasteiger partial charge in [-0.1, -0.05) is 23.1 Å². The van der Waals surface area contributed by atoms with Gasteiger partial charge in [-0.3, -0.25) is 4.79 Å². The molecule has 1 N–H and O–H groups in total. The van der Waals surface area contributed by atoms with E-state index in [1.54, 1.807) is 17.4 Å². The highest BCUT2D eigenvalue weighted by molar-refractivity contribution is 8.00. The van der Waals surface area contributed by atoms with Crippen LogP contribution < -0.4 is 5.32 Å². The SMILES string of the molecule is Cc1sc2ncnc(SCC(=O)Nc3nc4ccc(F)cc4s3)c2c1C. The molecule has 0 fully saturated rings. The molecular formula is C17H13FN4OS3. The van der Waals surface area contributed by atoms with Crippen molar-refractivity contribution in [1.82, 2.24) is 15.0 Å². The molecule has 0 radical (unpaired) electrons. The number of carbonyl (C=O) groups is 1. The maximum Gasteiger partial charge on any atom is 0.236 e. The van der Waals surface area contributed by atoms with Crippen LogP contribution in [-0.4, -0.2) is 26.6 Å². The summed E-state index contributed by atoms with van der Waals surface area (Å²) in [7, 11) is 0. The molecule has 3 aromatic heterocycles. The van der Waals surface area contributed by atoms with Gasteiger partial charge in [0.05, 0.1) is 16.0 Å². The lowest BCUT2D eigenvalue weighted by Gasteiger charge is -2.03. The van der Waals surface area contributed by atoms with E-state index in [-0.39, 0.29) is 17.5 Å². The number of fused-ring (bicyclic) bond motifs is 2. The molecule has 9 heteroatoms. The predicted molar refractivity (Wildman–Crippen MR) is 106 cm³/mol. The fraction of sp³-hybridized carbons (Fsp3) is 0.176. The van der Waals surface area contributed by atoms with Gasteiger partial charge in [-0.15, -0.1) is 11.3 Å². The van der Waals surface area contributed by atoms with Crippen LogP contribution in [0, 0.1) is 19.7 Å². The van der Waals surface area contributed by atoms with E-state index in [1.165, 1.54) is 46.4 Å². The van der Waals surface area contributed by atoms with Crippen LogP contribution in [0.1, 0.15) is 10.4 Å². The van der Waals surface area contributed by atoms with Crippen LogP contribution in [0.2, 0.25) is 0 Å². The summed E-state index contributed by atoms with van der Waals surface area (Å²) in [4.78, 5) is 27.3. The van der Waals surface area contributed by atoms with Gasteiger partial charge >= 0.3 is 0 Å². The Kier molecular flexibility index (Phi) is 4.60. The summed E-state index contributed by atoms with van der Waals surface area (Å²) < 4.78 is 14.0. The van der Waals surface area contributed by atoms with Crippen LogP contribution in [0.5, 0.6) is 0 Å². The topological polar surface area (TPSA) is 67.8 Å². The van der Waals surface area contributed by atoms with Gasteiger partial charge in [-0.2, -0.15) is 0 Å². The minimum atomic E-state index is -0.316. The Hall–Kier alpha value is -2.10. The van der Waals surface area contributed by atoms with Gasteiger partial charge in [-0.25, -0.2) is 19.3 Å². The molecule has 0 unspecified atom stereocenters. The fourth-order valence-electron chi connectivity index (χ4n) is 2.50. The van der Waals surface area contributed by atoms with Gasteiger partial charge in [0.15, 0.2) is 5.13 Å². The molecular weight excluding hydrogens is 391 g/mol. The zero-order chi connectivity index (χ0) is 18.3. The van der Waals surface area contributed by atoms with Crippen molar-refractivity contribution < 1.29 is 9.18 Å². The lowest BCUT2D eigenvalue weighted by atomic mass is 10.2. The van der Waals surface area contributed by atoms with Crippen molar-refractivity contribution in [1.29, 1.82) is 0 Å². The standard InChI is InChI=1S/C17H13FN4OS3/c1-8-9(2)25-16-14(8)15(19-7-20-16)24-6-13(23)22-17-21-11-4-3-10(18)5-12(11)26-17/h3-5,7H,6H2,1-2H3,(H,21,22,23). The Labute approximate surface area is 160 Å². The molecule has 0 bridgehead atoms. The normalized spacial score (nSPS) is 11.3. The first-order valence-corrected chi connectivity index (χ1v) is 10.3. The molecule has 26 heavy (non-hydrogen) atoms. The highest BCUT2D eigenvalue weighted by Crippen LogP contribution is 2.34. The minimum absolute atomic E-state index is 0.175. The maximum absolute atomic E-state index is 13.3. The molecule has 3 heterocycles. The lowest BCUT2D eigenvalue weighted by Crippen LogP contribution is -2.13. The summed E-state index contributed by atoms with van der Waals surface area (Å²) in [6.07, 6.45) is 1.53. The van der Waals surface area contributed by atoms with E-state index in [9.17, 15) is 9.18 Å². The highest BCUT2D eigenvalue weighted by atomic mass is 32.2. The Morgan fingerprint density at radius 2 is 2.12 bits per heavy atom. The van der Waals surface area contributed by atoms with Crippen LogP contribution in [-0.2, 0) is 4.79 Å². The van der Waals surface area contributed by atoms with Crippen molar-refractivity contribution in [2.45, 2.75) is 18.9 Å². The Balaban J connectivity index is 1.48. The number of rotatable bonds is 4. The van der Waals surface area contributed by atoms with Gasteiger partial charge in [0.2, 0.25) is 5.91 Å². The van der Waals surface area contributed by atoms with Crippen molar-refractivity contribution in [2.75, 3.05) is 11.1 Å². The first-order valence-electron chi connectivity index (χ1n) is 7.70. The molecule has 0 saturated carbocycles. The van der Waals surface area contributed by atoms with Crippen molar-refractivity contribution in [3.05, 3.63) is 40.8 Å². The van der Waals surface area contributed by atoms with Gasteiger partial charge in [0.1, 0.15) is 22.0 Å². The third kappa shape index (κ3) is 3.29. The third-order valence-electron chi connectivity index (χ3n) is 3.87. The molecule has 0 aliphatic carbocycles. The van der Waals surface area contributed by atoms with E-state index in [1.807, 2.05) is 6.92 Å². The Morgan fingerprint density at radius 3 is 2.96 bits per heavy atom. The number of thiophene rings is 1. The predicted octanol–water partition coefficient (Wildman–Crippen LogP) is 4.79. The summed E-state index contributed by atoms with van der Waals surface area (Å²) in [5, 5.41) is 5.06. The summed E-state index contributed by atoms with van der Waals surface area (Å²) in [6.45, 7) is 4.10. The minimum Gasteiger partial charge on any atom is -0.301 e. The van der Waals surface area contributed by atoms with E-state index >= 15 is 0 Å². The molecule has 5 nitrogen and oxygen atoms in total. The van der Waals surface area contributed by atoms with E-state index in [0.717, 1.165) is 20.8 Å². The number of halogens is 1.